The van der Waals surface area contributed by atoms with Crippen LogP contribution in [0.5, 0.6) is 5.75 Å². The van der Waals surface area contributed by atoms with Gasteiger partial charge in [0, 0.05) is 44.3 Å². The first-order valence-corrected chi connectivity index (χ1v) is 10.6. The van der Waals surface area contributed by atoms with Gasteiger partial charge >= 0.3 is 0 Å². The van der Waals surface area contributed by atoms with Crippen LogP contribution < -0.4 is 15.4 Å². The van der Waals surface area contributed by atoms with Crippen molar-refractivity contribution in [3.05, 3.63) is 29.8 Å². The van der Waals surface area contributed by atoms with Gasteiger partial charge < -0.3 is 20.3 Å². The third-order valence-corrected chi connectivity index (χ3v) is 5.84. The molecule has 0 radical (unpaired) electrons. The van der Waals surface area contributed by atoms with Crippen molar-refractivity contribution in [1.82, 2.24) is 15.5 Å². The van der Waals surface area contributed by atoms with Gasteiger partial charge in [0.1, 0.15) is 5.75 Å². The monoisotopic (exact) mass is 500 g/mol. The van der Waals surface area contributed by atoms with E-state index in [9.17, 15) is 0 Å². The Hall–Kier alpha value is -1.02. The molecule has 1 aliphatic carbocycles. The molecular formula is C22H37IN4O. The van der Waals surface area contributed by atoms with Gasteiger partial charge in [-0.25, -0.2) is 0 Å². The van der Waals surface area contributed by atoms with E-state index in [1.807, 2.05) is 7.05 Å². The summed E-state index contributed by atoms with van der Waals surface area (Å²) in [6.45, 7) is 7.60. The topological polar surface area (TPSA) is 48.9 Å². The lowest BCUT2D eigenvalue weighted by molar-refractivity contribution is 0.167. The van der Waals surface area contributed by atoms with Gasteiger partial charge in [-0.3, -0.25) is 4.99 Å². The molecule has 2 N–H and O–H groups in total. The smallest absolute Gasteiger partial charge is 0.191 e. The van der Waals surface area contributed by atoms with Crippen molar-refractivity contribution in [2.45, 2.75) is 77.1 Å². The van der Waals surface area contributed by atoms with Crippen LogP contribution in [-0.2, 0) is 6.54 Å². The molecule has 1 aromatic carbocycles. The number of rotatable bonds is 6. The van der Waals surface area contributed by atoms with Crippen molar-refractivity contribution < 1.29 is 4.74 Å². The van der Waals surface area contributed by atoms with E-state index in [1.54, 1.807) is 0 Å². The quantitative estimate of drug-likeness (QED) is 0.350. The molecule has 28 heavy (non-hydrogen) atoms. The average Bonchev–Trinajstić information content (AvgIpc) is 3.19. The summed E-state index contributed by atoms with van der Waals surface area (Å²) >= 11 is 0. The third-order valence-electron chi connectivity index (χ3n) is 5.84. The maximum absolute atomic E-state index is 6.25. The van der Waals surface area contributed by atoms with E-state index < -0.39 is 0 Å². The molecule has 1 heterocycles. The second-order valence-electron chi connectivity index (χ2n) is 8.11. The van der Waals surface area contributed by atoms with Gasteiger partial charge in [-0.1, -0.05) is 18.2 Å². The van der Waals surface area contributed by atoms with Crippen LogP contribution in [0.2, 0.25) is 0 Å². The molecule has 1 aromatic rings. The van der Waals surface area contributed by atoms with Crippen molar-refractivity contribution >= 4 is 29.9 Å². The van der Waals surface area contributed by atoms with Crippen molar-refractivity contribution in [1.29, 1.82) is 0 Å². The van der Waals surface area contributed by atoms with Crippen LogP contribution >= 0.6 is 24.0 Å². The Labute approximate surface area is 187 Å². The largest absolute Gasteiger partial charge is 0.490 e. The van der Waals surface area contributed by atoms with E-state index in [0.717, 1.165) is 31.3 Å². The summed E-state index contributed by atoms with van der Waals surface area (Å²) in [5.74, 6) is 1.89. The standard InChI is InChI=1S/C22H36N4O.HI/c1-17(2)26-14-12-19(13-15-26)25-22(23-3)24-16-18-8-4-7-11-21(18)27-20-9-5-6-10-20;/h4,7-8,11,17,19-20H,5-6,9-10,12-16H2,1-3H3,(H2,23,24,25);1H. The van der Waals surface area contributed by atoms with Gasteiger partial charge in [-0.2, -0.15) is 0 Å². The molecule has 0 unspecified atom stereocenters. The summed E-state index contributed by atoms with van der Waals surface area (Å²) in [4.78, 5) is 6.97. The summed E-state index contributed by atoms with van der Waals surface area (Å²) < 4.78 is 6.25. The lowest BCUT2D eigenvalue weighted by Crippen LogP contribution is -2.49. The summed E-state index contributed by atoms with van der Waals surface area (Å²) in [5.41, 5.74) is 1.20. The minimum atomic E-state index is 0. The highest BCUT2D eigenvalue weighted by molar-refractivity contribution is 14.0. The zero-order chi connectivity index (χ0) is 19.1. The minimum Gasteiger partial charge on any atom is -0.490 e. The number of piperidine rings is 1. The zero-order valence-electron chi connectivity index (χ0n) is 17.6. The van der Waals surface area contributed by atoms with Crippen LogP contribution in [0.1, 0.15) is 57.9 Å². The van der Waals surface area contributed by atoms with Gasteiger partial charge in [0.05, 0.1) is 6.10 Å². The van der Waals surface area contributed by atoms with Crippen molar-refractivity contribution in [2.75, 3.05) is 20.1 Å². The van der Waals surface area contributed by atoms with Crippen molar-refractivity contribution in [3.8, 4) is 5.75 Å². The highest BCUT2D eigenvalue weighted by atomic mass is 127. The molecule has 3 rings (SSSR count). The maximum Gasteiger partial charge on any atom is 0.191 e. The fourth-order valence-electron chi connectivity index (χ4n) is 4.08. The van der Waals surface area contributed by atoms with E-state index >= 15 is 0 Å². The number of benzene rings is 1. The highest BCUT2D eigenvalue weighted by Gasteiger charge is 2.22. The molecule has 0 aromatic heterocycles. The van der Waals surface area contributed by atoms with Crippen LogP contribution in [0, 0.1) is 0 Å². The van der Waals surface area contributed by atoms with Gasteiger partial charge in [0.25, 0.3) is 0 Å². The first-order chi connectivity index (χ1) is 13.2. The number of nitrogens with zero attached hydrogens (tertiary/aromatic N) is 2. The van der Waals surface area contributed by atoms with Crippen LogP contribution in [0.25, 0.3) is 0 Å². The Morgan fingerprint density at radius 1 is 1.14 bits per heavy atom. The highest BCUT2D eigenvalue weighted by Crippen LogP contribution is 2.26. The van der Waals surface area contributed by atoms with Crippen LogP contribution in [0.3, 0.4) is 0 Å². The SMILES string of the molecule is CN=C(NCc1ccccc1OC1CCCC1)NC1CCN(C(C)C)CC1.I. The maximum atomic E-state index is 6.25. The summed E-state index contributed by atoms with van der Waals surface area (Å²) in [5, 5.41) is 7.08. The Morgan fingerprint density at radius 3 is 2.46 bits per heavy atom. The predicted octanol–water partition coefficient (Wildman–Crippen LogP) is 4.16. The molecule has 1 saturated heterocycles. The number of aliphatic imine (C=N–C) groups is 1. The normalized spacial score (nSPS) is 19.5. The Bertz CT molecular complexity index is 608. The van der Waals surface area contributed by atoms with Gasteiger partial charge in [-0.05, 0) is 58.4 Å². The number of nitrogens with one attached hydrogen (secondary N) is 2. The predicted molar refractivity (Wildman–Crippen MR) is 128 cm³/mol. The van der Waals surface area contributed by atoms with Crippen LogP contribution in [-0.4, -0.2) is 49.2 Å². The Morgan fingerprint density at radius 2 is 1.82 bits per heavy atom. The molecule has 2 fully saturated rings. The molecule has 5 nitrogen and oxygen atoms in total. The first kappa shape index (κ1) is 23.3. The average molecular weight is 500 g/mol. The Kier molecular flexibility index (Phi) is 9.85. The minimum absolute atomic E-state index is 0. The van der Waals surface area contributed by atoms with E-state index in [0.29, 0.717) is 18.2 Å². The molecule has 158 valence electrons. The number of guanidine groups is 1. The van der Waals surface area contributed by atoms with E-state index in [-0.39, 0.29) is 24.0 Å². The summed E-state index contributed by atoms with van der Waals surface area (Å²) in [7, 11) is 1.85. The van der Waals surface area contributed by atoms with Gasteiger partial charge in [-0.15, -0.1) is 24.0 Å². The zero-order valence-corrected chi connectivity index (χ0v) is 19.9. The van der Waals surface area contributed by atoms with Crippen molar-refractivity contribution in [3.63, 3.8) is 0 Å². The number of ether oxygens (including phenoxy) is 1. The first-order valence-electron chi connectivity index (χ1n) is 10.6. The number of halogens is 1. The number of para-hydroxylation sites is 1. The van der Waals surface area contributed by atoms with E-state index in [2.05, 4.69) is 58.6 Å². The molecular weight excluding hydrogens is 463 g/mol. The lowest BCUT2D eigenvalue weighted by Gasteiger charge is -2.35. The van der Waals surface area contributed by atoms with E-state index in [4.69, 9.17) is 4.74 Å². The summed E-state index contributed by atoms with van der Waals surface area (Å²) in [6.07, 6.45) is 7.66. The fourth-order valence-corrected chi connectivity index (χ4v) is 4.08. The molecule has 1 aliphatic heterocycles. The van der Waals surface area contributed by atoms with Crippen LogP contribution in [0.15, 0.2) is 29.3 Å². The molecule has 1 saturated carbocycles. The molecule has 0 spiro atoms. The summed E-state index contributed by atoms with van der Waals surface area (Å²) in [6, 6.07) is 9.51. The van der Waals surface area contributed by atoms with Gasteiger partial charge in [0.2, 0.25) is 0 Å². The second-order valence-corrected chi connectivity index (χ2v) is 8.11. The number of hydrogen-bond acceptors (Lipinski definition) is 3. The number of hydrogen-bond donors (Lipinski definition) is 2. The van der Waals surface area contributed by atoms with E-state index in [1.165, 1.54) is 44.1 Å². The van der Waals surface area contributed by atoms with Crippen LogP contribution in [0.4, 0.5) is 0 Å². The molecule has 0 atom stereocenters. The molecule has 6 heteroatoms. The number of likely N-dealkylation sites (tertiary alicyclic amines) is 1. The fraction of sp³-hybridized carbons (Fsp3) is 0.682. The molecule has 0 amide bonds. The molecule has 2 aliphatic rings. The second kappa shape index (κ2) is 11.9. The van der Waals surface area contributed by atoms with Crippen molar-refractivity contribution in [2.24, 2.45) is 4.99 Å². The molecule has 0 bridgehead atoms. The lowest BCUT2D eigenvalue weighted by atomic mass is 10.0. The third kappa shape index (κ3) is 6.79. The Balaban J connectivity index is 0.00000280. The van der Waals surface area contributed by atoms with Gasteiger partial charge in [0.15, 0.2) is 5.96 Å².